The van der Waals surface area contributed by atoms with Gasteiger partial charge in [-0.2, -0.15) is 0 Å². The molecule has 0 aliphatic rings. The van der Waals surface area contributed by atoms with Gasteiger partial charge in [-0.25, -0.2) is 9.13 Å². The van der Waals surface area contributed by atoms with Gasteiger partial charge in [0.15, 0.2) is 12.2 Å². The highest BCUT2D eigenvalue weighted by Gasteiger charge is 2.30. The third kappa shape index (κ3) is 64.7. The van der Waals surface area contributed by atoms with Gasteiger partial charge in [0.1, 0.15) is 19.3 Å². The minimum Gasteiger partial charge on any atom is -0.462 e. The molecule has 0 aromatic rings. The van der Waals surface area contributed by atoms with Crippen LogP contribution in [0.3, 0.4) is 0 Å². The van der Waals surface area contributed by atoms with Crippen LogP contribution in [0.5, 0.6) is 0 Å². The molecule has 0 heterocycles. The second-order valence-corrected chi connectivity index (χ2v) is 26.4. The Morgan fingerprint density at radius 2 is 0.609 bits per heavy atom. The van der Waals surface area contributed by atoms with E-state index in [1.54, 1.807) is 0 Å². The van der Waals surface area contributed by atoms with E-state index >= 15 is 0 Å². The number of phosphoric acid groups is 2. The summed E-state index contributed by atoms with van der Waals surface area (Å²) in [4.78, 5) is 72.5. The van der Waals surface area contributed by atoms with Gasteiger partial charge >= 0.3 is 39.5 Å². The number of carbonyl (C=O) groups is 4. The van der Waals surface area contributed by atoms with Gasteiger partial charge in [0, 0.05) is 25.7 Å². The third-order valence-electron chi connectivity index (χ3n) is 14.5. The minimum atomic E-state index is -4.98. The summed E-state index contributed by atoms with van der Waals surface area (Å²) in [5.74, 6) is -2.26. The average molecular weight is 1340 g/mol. The molecule has 0 aromatic carbocycles. The number of phosphoric ester groups is 2. The lowest BCUT2D eigenvalue weighted by Gasteiger charge is -2.21. The SMILES string of the molecule is CC/C=C\C/C=C\C/C=C\C/C=C\C/C=C\CCCC(=O)OCC(COP(=O)(O)OCC(O)COP(=O)(O)OCC(COC(=O)CCCCCCC/C=C\CCCC)OC(=O)CCCCCCCCCCCCC)OC(=O)CCCCCCC/C=C\C/C=C\CCC. The molecule has 19 heteroatoms. The van der Waals surface area contributed by atoms with Crippen molar-refractivity contribution in [2.45, 2.75) is 303 Å². The van der Waals surface area contributed by atoms with E-state index in [9.17, 15) is 43.2 Å². The first-order chi connectivity index (χ1) is 44.7. The Balaban J connectivity index is 5.37. The van der Waals surface area contributed by atoms with Crippen molar-refractivity contribution in [1.82, 2.24) is 0 Å². The Hall–Kier alpha value is -4.02. The van der Waals surface area contributed by atoms with Crippen molar-refractivity contribution >= 4 is 39.5 Å². The zero-order valence-electron chi connectivity index (χ0n) is 57.4. The normalized spacial score (nSPS) is 14.6. The molecule has 0 aliphatic heterocycles. The third-order valence-corrected chi connectivity index (χ3v) is 16.4. The second-order valence-electron chi connectivity index (χ2n) is 23.4. The molecule has 0 amide bonds. The number of aliphatic hydroxyl groups excluding tert-OH is 1. The Kier molecular flexibility index (Phi) is 62.8. The number of allylic oxidation sites excluding steroid dienone is 16. The summed E-state index contributed by atoms with van der Waals surface area (Å²) in [7, 11) is -9.95. The Labute approximate surface area is 557 Å². The molecule has 0 saturated carbocycles. The zero-order chi connectivity index (χ0) is 67.5. The first-order valence-corrected chi connectivity index (χ1v) is 38.5. The largest absolute Gasteiger partial charge is 0.472 e. The molecule has 0 radical (unpaired) electrons. The number of carbonyl (C=O) groups excluding carboxylic acids is 4. The van der Waals surface area contributed by atoms with E-state index in [-0.39, 0.29) is 25.7 Å². The van der Waals surface area contributed by atoms with E-state index in [1.165, 1.54) is 51.4 Å². The fourth-order valence-electron chi connectivity index (χ4n) is 9.10. The van der Waals surface area contributed by atoms with Gasteiger partial charge in [-0.15, -0.1) is 0 Å². The predicted molar refractivity (Wildman–Crippen MR) is 372 cm³/mol. The summed E-state index contributed by atoms with van der Waals surface area (Å²) >= 11 is 0. The van der Waals surface area contributed by atoms with E-state index in [2.05, 4.69) is 113 Å². The maximum Gasteiger partial charge on any atom is 0.472 e. The number of hydrogen-bond acceptors (Lipinski definition) is 15. The number of unbranched alkanes of at least 4 members (excludes halogenated alkanes) is 24. The standard InChI is InChI=1S/C73H126O17P2/c1-5-9-13-17-21-25-29-31-32-33-34-36-39-42-46-50-54-58-71(76)84-64-69(90-73(78)60-56-52-48-44-40-35-30-26-22-18-14-10-6-2)66-88-92(81,82)86-62-67(74)61-85-91(79,80)87-65-68(89-72(77)59-55-51-47-43-38-28-24-20-16-12-8-4)63-83-70(75)57-53-49-45-41-37-27-23-19-15-11-7-3/h9,13-14,18-19,21,23,25-26,30-32,34,36,42,46,67-69,74H,5-8,10-12,15-17,20,22,24,27-29,33,35,37-41,43-45,47-66H2,1-4H3,(H,79,80)(H,81,82)/b13-9-,18-14-,23-19-,25-21-,30-26-,32-31-,36-34-,46-42-. The molecular weight excluding hydrogens is 1210 g/mol. The van der Waals surface area contributed by atoms with Crippen LogP contribution in [0.25, 0.3) is 0 Å². The molecule has 0 aliphatic carbocycles. The highest BCUT2D eigenvalue weighted by atomic mass is 31.2. The molecule has 0 saturated heterocycles. The Morgan fingerprint density at radius 3 is 1.00 bits per heavy atom. The van der Waals surface area contributed by atoms with Gasteiger partial charge in [-0.1, -0.05) is 247 Å². The topological polar surface area (TPSA) is 237 Å². The van der Waals surface area contributed by atoms with Crippen molar-refractivity contribution in [3.63, 3.8) is 0 Å². The van der Waals surface area contributed by atoms with Crippen molar-refractivity contribution in [3.8, 4) is 0 Å². The minimum absolute atomic E-state index is 0.0660. The molecule has 0 rings (SSSR count). The first kappa shape index (κ1) is 88.0. The number of hydrogen-bond donors (Lipinski definition) is 3. The lowest BCUT2D eigenvalue weighted by Crippen LogP contribution is -2.30. The Morgan fingerprint density at radius 1 is 0.315 bits per heavy atom. The Bertz CT molecular complexity index is 2130. The highest BCUT2D eigenvalue weighted by Crippen LogP contribution is 2.45. The smallest absolute Gasteiger partial charge is 0.462 e. The number of aliphatic hydroxyl groups is 1. The molecule has 0 spiro atoms. The van der Waals surface area contributed by atoms with Crippen molar-refractivity contribution in [3.05, 3.63) is 97.2 Å². The molecule has 5 atom stereocenters. The van der Waals surface area contributed by atoms with Gasteiger partial charge in [0.2, 0.25) is 0 Å². The van der Waals surface area contributed by atoms with Crippen LogP contribution in [0.1, 0.15) is 285 Å². The molecular formula is C73H126O17P2. The van der Waals surface area contributed by atoms with Gasteiger partial charge in [-0.05, 0) is 109 Å². The van der Waals surface area contributed by atoms with Crippen molar-refractivity contribution in [1.29, 1.82) is 0 Å². The van der Waals surface area contributed by atoms with Crippen molar-refractivity contribution < 1.29 is 80.2 Å². The number of ether oxygens (including phenoxy) is 4. The summed E-state index contributed by atoms with van der Waals surface area (Å²) in [5, 5.41) is 10.6. The lowest BCUT2D eigenvalue weighted by molar-refractivity contribution is -0.161. The van der Waals surface area contributed by atoms with Crippen LogP contribution in [0.2, 0.25) is 0 Å². The fourth-order valence-corrected chi connectivity index (χ4v) is 10.7. The van der Waals surface area contributed by atoms with Gasteiger partial charge in [-0.3, -0.25) is 37.3 Å². The first-order valence-electron chi connectivity index (χ1n) is 35.5. The predicted octanol–water partition coefficient (Wildman–Crippen LogP) is 19.7. The molecule has 17 nitrogen and oxygen atoms in total. The van der Waals surface area contributed by atoms with Crippen LogP contribution in [0, 0.1) is 0 Å². The number of esters is 4. The molecule has 0 bridgehead atoms. The van der Waals surface area contributed by atoms with Crippen LogP contribution in [-0.4, -0.2) is 96.7 Å². The molecule has 0 aromatic heterocycles. The van der Waals surface area contributed by atoms with Gasteiger partial charge in [0.25, 0.3) is 0 Å². The van der Waals surface area contributed by atoms with Gasteiger partial charge in [0.05, 0.1) is 26.4 Å². The van der Waals surface area contributed by atoms with Crippen molar-refractivity contribution in [2.24, 2.45) is 0 Å². The lowest BCUT2D eigenvalue weighted by atomic mass is 10.1. The molecule has 0 fully saturated rings. The fraction of sp³-hybridized carbons (Fsp3) is 0.726. The summed E-state index contributed by atoms with van der Waals surface area (Å²) in [6.45, 7) is 4.54. The number of rotatable bonds is 66. The van der Waals surface area contributed by atoms with Crippen molar-refractivity contribution in [2.75, 3.05) is 39.6 Å². The molecule has 92 heavy (non-hydrogen) atoms. The maximum absolute atomic E-state index is 13.0. The molecule has 3 N–H and O–H groups in total. The summed E-state index contributed by atoms with van der Waals surface area (Å²) in [6.07, 6.45) is 65.8. The summed E-state index contributed by atoms with van der Waals surface area (Å²) < 4.78 is 68.1. The van der Waals surface area contributed by atoms with E-state index in [1.807, 2.05) is 12.2 Å². The van der Waals surface area contributed by atoms with E-state index < -0.39 is 97.5 Å². The molecule has 530 valence electrons. The van der Waals surface area contributed by atoms with Crippen LogP contribution in [-0.2, 0) is 65.4 Å². The van der Waals surface area contributed by atoms with Crippen LogP contribution >= 0.6 is 15.6 Å². The van der Waals surface area contributed by atoms with Gasteiger partial charge < -0.3 is 33.8 Å². The second kappa shape index (κ2) is 65.6. The average Bonchev–Trinajstić information content (AvgIpc) is 2.89. The molecule has 5 unspecified atom stereocenters. The van der Waals surface area contributed by atoms with E-state index in [0.29, 0.717) is 32.1 Å². The van der Waals surface area contributed by atoms with E-state index in [4.69, 9.17) is 37.0 Å². The zero-order valence-corrected chi connectivity index (χ0v) is 59.2. The monoisotopic (exact) mass is 1340 g/mol. The maximum atomic E-state index is 13.0. The van der Waals surface area contributed by atoms with E-state index in [0.717, 1.165) is 148 Å². The van der Waals surface area contributed by atoms with Crippen LogP contribution in [0.4, 0.5) is 0 Å². The summed E-state index contributed by atoms with van der Waals surface area (Å²) in [6, 6.07) is 0. The van der Waals surface area contributed by atoms with Crippen LogP contribution < -0.4 is 0 Å². The van der Waals surface area contributed by atoms with Crippen LogP contribution in [0.15, 0.2) is 97.2 Å². The summed E-state index contributed by atoms with van der Waals surface area (Å²) in [5.41, 5.74) is 0. The highest BCUT2D eigenvalue weighted by molar-refractivity contribution is 7.47. The quantitative estimate of drug-likeness (QED) is 0.0169.